The minimum absolute atomic E-state index is 0.237. The van der Waals surface area contributed by atoms with Gasteiger partial charge < -0.3 is 9.47 Å². The van der Waals surface area contributed by atoms with Crippen molar-refractivity contribution < 1.29 is 14.3 Å². The highest BCUT2D eigenvalue weighted by Crippen LogP contribution is 2.28. The van der Waals surface area contributed by atoms with E-state index < -0.39 is 0 Å². The van der Waals surface area contributed by atoms with E-state index in [-0.39, 0.29) is 5.97 Å². The molecule has 0 bridgehead atoms. The van der Waals surface area contributed by atoms with Crippen LogP contribution in [0.25, 0.3) is 0 Å². The Morgan fingerprint density at radius 2 is 2.17 bits per heavy atom. The van der Waals surface area contributed by atoms with Gasteiger partial charge in [0.2, 0.25) is 0 Å². The van der Waals surface area contributed by atoms with Crippen LogP contribution in [0.2, 0.25) is 0 Å². The van der Waals surface area contributed by atoms with Crippen LogP contribution in [-0.4, -0.2) is 19.7 Å². The molecule has 1 aliphatic carbocycles. The molecule has 0 saturated carbocycles. The number of esters is 1. The Balaban J connectivity index is 2.15. The van der Waals surface area contributed by atoms with E-state index in [4.69, 9.17) is 9.47 Å². The van der Waals surface area contributed by atoms with Gasteiger partial charge in [0.25, 0.3) is 0 Å². The molecule has 3 heteroatoms. The first kappa shape index (κ1) is 12.7. The molecule has 0 amide bonds. The van der Waals surface area contributed by atoms with E-state index in [1.807, 2.05) is 19.1 Å². The summed E-state index contributed by atoms with van der Waals surface area (Å²) in [6.45, 7) is 2.24. The highest BCUT2D eigenvalue weighted by molar-refractivity contribution is 5.83. The third-order valence-electron chi connectivity index (χ3n) is 3.15. The lowest BCUT2D eigenvalue weighted by Gasteiger charge is -2.19. The zero-order valence-corrected chi connectivity index (χ0v) is 10.9. The third-order valence-corrected chi connectivity index (χ3v) is 3.15. The van der Waals surface area contributed by atoms with Crippen molar-refractivity contribution in [1.82, 2.24) is 0 Å². The summed E-state index contributed by atoms with van der Waals surface area (Å²) in [6.07, 6.45) is 4.35. The van der Waals surface area contributed by atoms with Crippen LogP contribution < -0.4 is 4.74 Å². The van der Waals surface area contributed by atoms with Crippen LogP contribution in [0.4, 0.5) is 0 Å². The van der Waals surface area contributed by atoms with Gasteiger partial charge in [-0.25, -0.2) is 4.79 Å². The van der Waals surface area contributed by atoms with Gasteiger partial charge in [-0.3, -0.25) is 0 Å². The lowest BCUT2D eigenvalue weighted by Crippen LogP contribution is -2.09. The first-order chi connectivity index (χ1) is 8.72. The number of allylic oxidation sites excluding steroid dienone is 1. The summed E-state index contributed by atoms with van der Waals surface area (Å²) in [5.41, 5.74) is 3.72. The number of hydrogen-bond donors (Lipinski definition) is 0. The van der Waals surface area contributed by atoms with Crippen molar-refractivity contribution in [3.63, 3.8) is 0 Å². The van der Waals surface area contributed by atoms with E-state index in [0.29, 0.717) is 6.61 Å². The van der Waals surface area contributed by atoms with E-state index in [1.165, 1.54) is 11.1 Å². The Hall–Kier alpha value is -1.77. The lowest BCUT2D eigenvalue weighted by atomic mass is 9.88. The highest BCUT2D eigenvalue weighted by Gasteiger charge is 2.14. The van der Waals surface area contributed by atoms with E-state index in [9.17, 15) is 4.79 Å². The van der Waals surface area contributed by atoms with Gasteiger partial charge in [-0.1, -0.05) is 11.6 Å². The Bertz CT molecular complexity index is 475. The summed E-state index contributed by atoms with van der Waals surface area (Å²) in [6, 6.07) is 6.14. The fourth-order valence-corrected chi connectivity index (χ4v) is 2.24. The molecule has 0 spiro atoms. The maximum absolute atomic E-state index is 11.4. The molecule has 0 radical (unpaired) electrons. The Morgan fingerprint density at radius 3 is 2.89 bits per heavy atom. The summed E-state index contributed by atoms with van der Waals surface area (Å²) in [4.78, 5) is 11.4. The minimum atomic E-state index is -0.237. The van der Waals surface area contributed by atoms with Crippen molar-refractivity contribution in [2.24, 2.45) is 0 Å². The lowest BCUT2D eigenvalue weighted by molar-refractivity contribution is -0.137. The second-order valence-corrected chi connectivity index (χ2v) is 4.37. The summed E-state index contributed by atoms with van der Waals surface area (Å²) in [7, 11) is 1.67. The standard InChI is InChI=1S/C15H18O3/c1-3-18-15(16)9-11-4-5-12-6-7-14(17-2)10-13(12)8-11/h6-7,9-10H,3-5,8H2,1-2H3. The Morgan fingerprint density at radius 1 is 1.33 bits per heavy atom. The van der Waals surface area contributed by atoms with E-state index in [2.05, 4.69) is 6.07 Å². The quantitative estimate of drug-likeness (QED) is 0.607. The van der Waals surface area contributed by atoms with Crippen molar-refractivity contribution in [1.29, 1.82) is 0 Å². The molecule has 0 aromatic heterocycles. The Labute approximate surface area is 107 Å². The number of carbonyl (C=O) groups is 1. The van der Waals surface area contributed by atoms with Crippen molar-refractivity contribution >= 4 is 5.97 Å². The van der Waals surface area contributed by atoms with Crippen molar-refractivity contribution in [3.05, 3.63) is 41.0 Å². The summed E-state index contributed by atoms with van der Waals surface area (Å²) in [5, 5.41) is 0. The van der Waals surface area contributed by atoms with Gasteiger partial charge >= 0.3 is 5.97 Å². The number of hydrogen-bond acceptors (Lipinski definition) is 3. The molecule has 3 nitrogen and oxygen atoms in total. The molecule has 2 rings (SSSR count). The topological polar surface area (TPSA) is 35.5 Å². The Kier molecular flexibility index (Phi) is 4.03. The maximum atomic E-state index is 11.4. The van der Waals surface area contributed by atoms with Gasteiger partial charge in [0.1, 0.15) is 5.75 Å². The molecule has 1 aromatic rings. The molecular weight excluding hydrogens is 228 g/mol. The van der Waals surface area contributed by atoms with Gasteiger partial charge in [-0.15, -0.1) is 0 Å². The predicted molar refractivity (Wildman–Crippen MR) is 69.7 cm³/mol. The van der Waals surface area contributed by atoms with Gasteiger partial charge in [0.05, 0.1) is 13.7 Å². The van der Waals surface area contributed by atoms with Gasteiger partial charge in [0.15, 0.2) is 0 Å². The minimum Gasteiger partial charge on any atom is -0.497 e. The van der Waals surface area contributed by atoms with Crippen LogP contribution in [0.3, 0.4) is 0 Å². The first-order valence-electron chi connectivity index (χ1n) is 6.25. The molecule has 0 fully saturated rings. The SMILES string of the molecule is CCOC(=O)C=C1CCc2ccc(OC)cc2C1. The zero-order valence-electron chi connectivity index (χ0n) is 10.9. The molecule has 1 aromatic carbocycles. The molecule has 0 unspecified atom stereocenters. The van der Waals surface area contributed by atoms with E-state index in [0.717, 1.165) is 30.6 Å². The number of ether oxygens (including phenoxy) is 2. The third kappa shape index (κ3) is 2.92. The second-order valence-electron chi connectivity index (χ2n) is 4.37. The van der Waals surface area contributed by atoms with Crippen LogP contribution in [0.5, 0.6) is 5.75 Å². The van der Waals surface area contributed by atoms with Gasteiger partial charge in [0, 0.05) is 6.08 Å². The monoisotopic (exact) mass is 246 g/mol. The number of fused-ring (bicyclic) bond motifs is 1. The fraction of sp³-hybridized carbons (Fsp3) is 0.400. The molecule has 0 N–H and O–H groups in total. The van der Waals surface area contributed by atoms with Crippen molar-refractivity contribution in [2.75, 3.05) is 13.7 Å². The highest BCUT2D eigenvalue weighted by atomic mass is 16.5. The fourth-order valence-electron chi connectivity index (χ4n) is 2.24. The molecular formula is C15H18O3. The summed E-state index contributed by atoms with van der Waals surface area (Å²) in [5.74, 6) is 0.630. The molecule has 0 saturated heterocycles. The second kappa shape index (κ2) is 5.71. The molecule has 96 valence electrons. The predicted octanol–water partition coefficient (Wildman–Crippen LogP) is 2.67. The molecule has 0 aliphatic heterocycles. The number of methoxy groups -OCH3 is 1. The van der Waals surface area contributed by atoms with E-state index >= 15 is 0 Å². The molecule has 1 aliphatic rings. The van der Waals surface area contributed by atoms with E-state index in [1.54, 1.807) is 13.2 Å². The van der Waals surface area contributed by atoms with Crippen LogP contribution >= 0.6 is 0 Å². The van der Waals surface area contributed by atoms with Crippen LogP contribution in [0, 0.1) is 0 Å². The van der Waals surface area contributed by atoms with Crippen LogP contribution in [-0.2, 0) is 22.4 Å². The number of carbonyl (C=O) groups excluding carboxylic acids is 1. The smallest absolute Gasteiger partial charge is 0.330 e. The number of benzene rings is 1. The first-order valence-corrected chi connectivity index (χ1v) is 6.25. The molecule has 18 heavy (non-hydrogen) atoms. The maximum Gasteiger partial charge on any atom is 0.330 e. The average molecular weight is 246 g/mol. The molecule has 0 heterocycles. The number of aryl methyl sites for hydroxylation is 1. The van der Waals surface area contributed by atoms with Crippen molar-refractivity contribution in [3.8, 4) is 5.75 Å². The van der Waals surface area contributed by atoms with Crippen molar-refractivity contribution in [2.45, 2.75) is 26.2 Å². The average Bonchev–Trinajstić information content (AvgIpc) is 2.38. The zero-order chi connectivity index (χ0) is 13.0. The number of rotatable bonds is 3. The van der Waals surface area contributed by atoms with Crippen LogP contribution in [0.15, 0.2) is 29.8 Å². The summed E-state index contributed by atoms with van der Waals surface area (Å²) >= 11 is 0. The normalized spacial score (nSPS) is 16.2. The molecule has 0 atom stereocenters. The van der Waals surface area contributed by atoms with Gasteiger partial charge in [-0.2, -0.15) is 0 Å². The van der Waals surface area contributed by atoms with Gasteiger partial charge in [-0.05, 0) is 49.4 Å². The summed E-state index contributed by atoms with van der Waals surface area (Å²) < 4.78 is 10.2. The largest absolute Gasteiger partial charge is 0.497 e. The van der Waals surface area contributed by atoms with Crippen LogP contribution in [0.1, 0.15) is 24.5 Å².